The number of aliphatic hydroxyl groups is 2. The summed E-state index contributed by atoms with van der Waals surface area (Å²) in [5.74, 6) is -5.86. The summed E-state index contributed by atoms with van der Waals surface area (Å²) in [5.41, 5.74) is -2.47. The van der Waals surface area contributed by atoms with E-state index in [4.69, 9.17) is 9.84 Å². The number of alkyl halides is 3. The molecule has 1 aromatic carbocycles. The molecule has 0 radical (unpaired) electrons. The molecule has 1 aromatic heterocycles. The number of nitrogens with zero attached hydrogens (tertiary/aromatic N) is 1. The second-order valence-electron chi connectivity index (χ2n) is 8.10. The second kappa shape index (κ2) is 9.76. The summed E-state index contributed by atoms with van der Waals surface area (Å²) in [6.45, 7) is 1.50. The van der Waals surface area contributed by atoms with Gasteiger partial charge in [-0.15, -0.1) is 11.8 Å². The van der Waals surface area contributed by atoms with Crippen LogP contribution < -0.4 is 5.32 Å². The number of ether oxygens (including phenoxy) is 1. The number of nitrogens with one attached hydrogen (secondary N) is 1. The Hall–Kier alpha value is -2.28. The highest BCUT2D eigenvalue weighted by molar-refractivity contribution is 7.98. The molecule has 2 aromatic rings. The quantitative estimate of drug-likeness (QED) is 0.402. The van der Waals surface area contributed by atoms with Gasteiger partial charge >= 0.3 is 6.18 Å². The molecule has 1 aliphatic rings. The van der Waals surface area contributed by atoms with Crippen LogP contribution in [0, 0.1) is 17.6 Å². The zero-order valence-corrected chi connectivity index (χ0v) is 19.2. The summed E-state index contributed by atoms with van der Waals surface area (Å²) in [6.07, 6.45) is -5.15. The van der Waals surface area contributed by atoms with Crippen molar-refractivity contribution in [3.05, 3.63) is 53.4 Å². The summed E-state index contributed by atoms with van der Waals surface area (Å²) in [7, 11) is 0. The fraction of sp³-hybridized carbons (Fsp3) is 0.455. The standard InChI is InChI=1S/C22H23F5N2O4S/c1-10-16(12-5-6-13(23)17(24)19(12)34-3)18(33-21(10,2)22(25,26)27)20(32)29-11-4-7-14(28-8-11)15(31)9-30/h4-8,10,15-16,18,30-31H,9H2,1-3H3,(H,29,32)/t10-,15+,16-,18+,21+/m0/s1. The topological polar surface area (TPSA) is 91.7 Å². The number of rotatable bonds is 6. The number of hydrogen-bond acceptors (Lipinski definition) is 6. The number of benzene rings is 1. The predicted octanol–water partition coefficient (Wildman–Crippen LogP) is 4.19. The van der Waals surface area contributed by atoms with E-state index >= 15 is 0 Å². The third-order valence-corrected chi connectivity index (χ3v) is 6.96. The lowest BCUT2D eigenvalue weighted by Gasteiger charge is -2.32. The van der Waals surface area contributed by atoms with Crippen LogP contribution in [0.2, 0.25) is 0 Å². The molecule has 0 bridgehead atoms. The third-order valence-electron chi connectivity index (χ3n) is 6.14. The van der Waals surface area contributed by atoms with Crippen molar-refractivity contribution in [1.82, 2.24) is 4.98 Å². The van der Waals surface area contributed by atoms with Crippen molar-refractivity contribution < 1.29 is 41.7 Å². The average molecular weight is 506 g/mol. The van der Waals surface area contributed by atoms with Crippen LogP contribution in [-0.4, -0.2) is 51.8 Å². The van der Waals surface area contributed by atoms with Crippen molar-refractivity contribution in [3.8, 4) is 0 Å². The molecule has 1 saturated heterocycles. The normalized spacial score (nSPS) is 25.9. The lowest BCUT2D eigenvalue weighted by molar-refractivity contribution is -0.272. The molecule has 5 atom stereocenters. The number of thioether (sulfide) groups is 1. The van der Waals surface area contributed by atoms with Gasteiger partial charge in [-0.25, -0.2) is 8.78 Å². The van der Waals surface area contributed by atoms with Gasteiger partial charge in [0.1, 0.15) is 12.2 Å². The molecule has 0 saturated carbocycles. The number of halogens is 5. The molecule has 1 amide bonds. The van der Waals surface area contributed by atoms with E-state index in [0.717, 1.165) is 30.9 Å². The van der Waals surface area contributed by atoms with Gasteiger partial charge in [-0.2, -0.15) is 13.2 Å². The first-order chi connectivity index (χ1) is 15.9. The maximum atomic E-state index is 14.5. The molecular formula is C22H23F5N2O4S. The van der Waals surface area contributed by atoms with Gasteiger partial charge in [0.2, 0.25) is 0 Å². The first-order valence-electron chi connectivity index (χ1n) is 10.2. The van der Waals surface area contributed by atoms with Crippen LogP contribution >= 0.6 is 11.8 Å². The Morgan fingerprint density at radius 1 is 1.29 bits per heavy atom. The minimum absolute atomic E-state index is 0.0339. The van der Waals surface area contributed by atoms with E-state index in [2.05, 4.69) is 10.3 Å². The van der Waals surface area contributed by atoms with Crippen LogP contribution in [0.3, 0.4) is 0 Å². The minimum Gasteiger partial charge on any atom is -0.393 e. The van der Waals surface area contributed by atoms with Crippen LogP contribution in [0.15, 0.2) is 35.4 Å². The molecule has 0 aliphatic carbocycles. The molecule has 1 fully saturated rings. The average Bonchev–Trinajstić information content (AvgIpc) is 3.07. The first-order valence-corrected chi connectivity index (χ1v) is 11.4. The van der Waals surface area contributed by atoms with E-state index in [9.17, 15) is 31.9 Å². The van der Waals surface area contributed by atoms with E-state index in [1.807, 2.05) is 0 Å². The Kier molecular flexibility index (Phi) is 7.56. The van der Waals surface area contributed by atoms with E-state index < -0.39 is 60.0 Å². The first kappa shape index (κ1) is 26.3. The number of hydrogen-bond donors (Lipinski definition) is 3. The summed E-state index contributed by atoms with van der Waals surface area (Å²) < 4.78 is 75.5. The molecular weight excluding hydrogens is 483 g/mol. The summed E-state index contributed by atoms with van der Waals surface area (Å²) in [6, 6.07) is 4.65. The van der Waals surface area contributed by atoms with Gasteiger partial charge in [-0.05, 0) is 36.9 Å². The molecule has 34 heavy (non-hydrogen) atoms. The van der Waals surface area contributed by atoms with Gasteiger partial charge in [0.15, 0.2) is 17.2 Å². The van der Waals surface area contributed by atoms with Crippen LogP contribution in [-0.2, 0) is 9.53 Å². The molecule has 3 rings (SSSR count). The summed E-state index contributed by atoms with van der Waals surface area (Å²) in [5, 5.41) is 21.0. The van der Waals surface area contributed by atoms with Crippen molar-refractivity contribution in [1.29, 1.82) is 0 Å². The van der Waals surface area contributed by atoms with Crippen molar-refractivity contribution in [2.24, 2.45) is 5.92 Å². The highest BCUT2D eigenvalue weighted by Crippen LogP contribution is 2.54. The largest absolute Gasteiger partial charge is 0.417 e. The van der Waals surface area contributed by atoms with E-state index in [1.165, 1.54) is 31.4 Å². The molecule has 0 spiro atoms. The second-order valence-corrected chi connectivity index (χ2v) is 8.92. The number of anilines is 1. The molecule has 1 aliphatic heterocycles. The van der Waals surface area contributed by atoms with Crippen molar-refractivity contribution in [2.75, 3.05) is 18.2 Å². The van der Waals surface area contributed by atoms with E-state index in [0.29, 0.717) is 0 Å². The Labute approximate surface area is 196 Å². The Morgan fingerprint density at radius 3 is 2.50 bits per heavy atom. The lowest BCUT2D eigenvalue weighted by Crippen LogP contribution is -2.47. The van der Waals surface area contributed by atoms with Crippen LogP contribution in [0.1, 0.15) is 37.1 Å². The molecule has 186 valence electrons. The molecule has 6 nitrogen and oxygen atoms in total. The Balaban J connectivity index is 2.01. The number of carbonyl (C=O) groups excluding carboxylic acids is 1. The Morgan fingerprint density at radius 2 is 1.97 bits per heavy atom. The zero-order chi connectivity index (χ0) is 25.4. The van der Waals surface area contributed by atoms with Gasteiger partial charge in [0.05, 0.1) is 24.2 Å². The lowest BCUT2D eigenvalue weighted by atomic mass is 9.77. The van der Waals surface area contributed by atoms with Gasteiger partial charge < -0.3 is 20.3 Å². The number of amides is 1. The van der Waals surface area contributed by atoms with Gasteiger partial charge in [0, 0.05) is 16.7 Å². The minimum atomic E-state index is -4.85. The highest BCUT2D eigenvalue weighted by atomic mass is 32.2. The van der Waals surface area contributed by atoms with Crippen molar-refractivity contribution >= 4 is 23.4 Å². The van der Waals surface area contributed by atoms with Crippen LogP contribution in [0.25, 0.3) is 0 Å². The number of aromatic nitrogens is 1. The fourth-order valence-electron chi connectivity index (χ4n) is 4.02. The van der Waals surface area contributed by atoms with Gasteiger partial charge in [-0.3, -0.25) is 9.78 Å². The smallest absolute Gasteiger partial charge is 0.393 e. The maximum Gasteiger partial charge on any atom is 0.417 e. The number of pyridine rings is 1. The molecule has 0 unspecified atom stereocenters. The van der Waals surface area contributed by atoms with E-state index in [1.54, 1.807) is 0 Å². The van der Waals surface area contributed by atoms with E-state index in [-0.39, 0.29) is 21.8 Å². The highest BCUT2D eigenvalue weighted by Gasteiger charge is 2.65. The monoisotopic (exact) mass is 506 g/mol. The van der Waals surface area contributed by atoms with Gasteiger partial charge in [-0.1, -0.05) is 13.0 Å². The zero-order valence-electron chi connectivity index (χ0n) is 18.4. The molecule has 2 heterocycles. The summed E-state index contributed by atoms with van der Waals surface area (Å²) >= 11 is 0.819. The summed E-state index contributed by atoms with van der Waals surface area (Å²) in [4.78, 5) is 16.8. The number of aliphatic hydroxyl groups excluding tert-OH is 2. The van der Waals surface area contributed by atoms with Gasteiger partial charge in [0.25, 0.3) is 5.91 Å². The van der Waals surface area contributed by atoms with Crippen LogP contribution in [0.5, 0.6) is 0 Å². The SMILES string of the molecule is CSc1c([C@H]2[C@H](C(=O)Nc3ccc([C@H](O)CO)nc3)O[C@@](C)(C(F)(F)F)[C@H]2C)ccc(F)c1F. The third kappa shape index (κ3) is 4.64. The molecule has 12 heteroatoms. The Bertz CT molecular complexity index is 1050. The predicted molar refractivity (Wildman–Crippen MR) is 114 cm³/mol. The number of carbonyl (C=O) groups is 1. The molecule has 3 N–H and O–H groups in total. The van der Waals surface area contributed by atoms with Crippen molar-refractivity contribution in [3.63, 3.8) is 0 Å². The van der Waals surface area contributed by atoms with Crippen molar-refractivity contribution in [2.45, 2.75) is 48.6 Å². The fourth-order valence-corrected chi connectivity index (χ4v) is 4.74. The van der Waals surface area contributed by atoms with Crippen LogP contribution in [0.4, 0.5) is 27.6 Å². The maximum absolute atomic E-state index is 14.5.